The summed E-state index contributed by atoms with van der Waals surface area (Å²) in [5, 5.41) is 10.5. The molecule has 1 heterocycles. The van der Waals surface area contributed by atoms with Crippen molar-refractivity contribution in [1.29, 1.82) is 0 Å². The Balaban J connectivity index is 3.25. The van der Waals surface area contributed by atoms with Crippen LogP contribution in [-0.4, -0.2) is 22.6 Å². The summed E-state index contributed by atoms with van der Waals surface area (Å²) in [7, 11) is 1.17. The first-order chi connectivity index (χ1) is 7.45. The summed E-state index contributed by atoms with van der Waals surface area (Å²) in [4.78, 5) is 32.2. The number of ether oxygens (including phenoxy) is 1. The van der Waals surface area contributed by atoms with Crippen LogP contribution in [0.5, 0.6) is 0 Å². The van der Waals surface area contributed by atoms with Crippen LogP contribution in [0.1, 0.15) is 0 Å². The Hall–Kier alpha value is -1.70. The topological polar surface area (TPSA) is 91.4 Å². The molecular weight excluding hydrogens is 284 g/mol. The van der Waals surface area contributed by atoms with Gasteiger partial charge in [0.2, 0.25) is 0 Å². The van der Waals surface area contributed by atoms with E-state index < -0.39 is 22.1 Å². The van der Waals surface area contributed by atoms with E-state index in [-0.39, 0.29) is 6.54 Å². The number of methoxy groups -OCH3 is 1. The molecule has 0 aliphatic heterocycles. The molecule has 1 aromatic rings. The van der Waals surface area contributed by atoms with Gasteiger partial charge >= 0.3 is 17.2 Å². The number of nitrogens with zero attached hydrogens (tertiary/aromatic N) is 2. The van der Waals surface area contributed by atoms with Crippen LogP contribution >= 0.6 is 15.9 Å². The highest BCUT2D eigenvalue weighted by Crippen LogP contribution is 2.13. The molecule has 0 fully saturated rings. The predicted octanol–water partition coefficient (Wildman–Crippen LogP) is 0.692. The fourth-order valence-electron chi connectivity index (χ4n) is 1.04. The van der Waals surface area contributed by atoms with E-state index in [1.54, 1.807) is 0 Å². The lowest BCUT2D eigenvalue weighted by molar-refractivity contribution is -0.386. The average molecular weight is 291 g/mol. The molecule has 0 radical (unpaired) electrons. The number of rotatable bonds is 3. The number of aromatic nitrogens is 1. The normalized spacial score (nSPS) is 9.88. The summed E-state index contributed by atoms with van der Waals surface area (Å²) in [5.41, 5.74) is -1.45. The van der Waals surface area contributed by atoms with Gasteiger partial charge in [-0.15, -0.1) is 0 Å². The van der Waals surface area contributed by atoms with E-state index in [1.165, 1.54) is 13.3 Å². The van der Waals surface area contributed by atoms with Gasteiger partial charge in [-0.3, -0.25) is 24.3 Å². The molecule has 0 amide bonds. The van der Waals surface area contributed by atoms with Crippen molar-refractivity contribution in [3.63, 3.8) is 0 Å². The molecule has 8 heteroatoms. The molecule has 1 aromatic heterocycles. The van der Waals surface area contributed by atoms with Crippen molar-refractivity contribution in [2.75, 3.05) is 7.11 Å². The van der Waals surface area contributed by atoms with Crippen molar-refractivity contribution in [3.05, 3.63) is 37.2 Å². The Morgan fingerprint density at radius 2 is 2.31 bits per heavy atom. The van der Waals surface area contributed by atoms with Crippen LogP contribution in [0, 0.1) is 10.1 Å². The van der Waals surface area contributed by atoms with Gasteiger partial charge in [0.25, 0.3) is 0 Å². The van der Waals surface area contributed by atoms with E-state index >= 15 is 0 Å². The van der Waals surface area contributed by atoms with Crippen LogP contribution in [0.25, 0.3) is 0 Å². The summed E-state index contributed by atoms with van der Waals surface area (Å²) in [6.45, 7) is -0.365. The molecule has 0 spiro atoms. The summed E-state index contributed by atoms with van der Waals surface area (Å²) in [6.07, 6.45) is 1.28. The van der Waals surface area contributed by atoms with Crippen molar-refractivity contribution in [2.45, 2.75) is 6.54 Å². The standard InChI is InChI=1S/C8H7BrN2O5/c1-16-7(12)4-10-3-5(9)2-6(8(10)13)11(14)15/h2-3H,4H2,1H3. The second-order valence-electron chi connectivity index (χ2n) is 2.81. The number of esters is 1. The number of hydrogen-bond acceptors (Lipinski definition) is 5. The van der Waals surface area contributed by atoms with Crippen LogP contribution in [0.3, 0.4) is 0 Å². The summed E-state index contributed by atoms with van der Waals surface area (Å²) >= 11 is 3.01. The van der Waals surface area contributed by atoms with Gasteiger partial charge in [-0.2, -0.15) is 0 Å². The molecule has 0 atom stereocenters. The van der Waals surface area contributed by atoms with Crippen molar-refractivity contribution >= 4 is 27.6 Å². The molecule has 0 aliphatic rings. The van der Waals surface area contributed by atoms with E-state index in [0.717, 1.165) is 10.6 Å². The number of halogens is 1. The van der Waals surface area contributed by atoms with E-state index in [9.17, 15) is 19.7 Å². The predicted molar refractivity (Wildman–Crippen MR) is 57.1 cm³/mol. The number of nitro groups is 1. The maximum atomic E-state index is 11.5. The largest absolute Gasteiger partial charge is 0.468 e. The molecule has 1 rings (SSSR count). The molecule has 7 nitrogen and oxygen atoms in total. The second-order valence-corrected chi connectivity index (χ2v) is 3.73. The lowest BCUT2D eigenvalue weighted by atomic mass is 10.4. The quantitative estimate of drug-likeness (QED) is 0.464. The molecule has 0 N–H and O–H groups in total. The molecule has 16 heavy (non-hydrogen) atoms. The summed E-state index contributed by atoms with van der Waals surface area (Å²) < 4.78 is 5.61. The highest BCUT2D eigenvalue weighted by atomic mass is 79.9. The Labute approximate surface area is 97.9 Å². The van der Waals surface area contributed by atoms with Gasteiger partial charge in [0.15, 0.2) is 0 Å². The number of carbonyl (C=O) groups excluding carboxylic acids is 1. The van der Waals surface area contributed by atoms with Crippen LogP contribution in [0.15, 0.2) is 21.5 Å². The van der Waals surface area contributed by atoms with E-state index in [1.807, 2.05) is 0 Å². The monoisotopic (exact) mass is 290 g/mol. The molecular formula is C8H7BrN2O5. The van der Waals surface area contributed by atoms with Gasteiger partial charge in [0.1, 0.15) is 6.54 Å². The van der Waals surface area contributed by atoms with E-state index in [0.29, 0.717) is 4.47 Å². The van der Waals surface area contributed by atoms with Crippen molar-refractivity contribution in [2.24, 2.45) is 0 Å². The lowest BCUT2D eigenvalue weighted by Crippen LogP contribution is -2.26. The lowest BCUT2D eigenvalue weighted by Gasteiger charge is -2.04. The van der Waals surface area contributed by atoms with Crippen molar-refractivity contribution in [3.8, 4) is 0 Å². The average Bonchev–Trinajstić information content (AvgIpc) is 2.22. The highest BCUT2D eigenvalue weighted by molar-refractivity contribution is 9.10. The fourth-order valence-corrected chi connectivity index (χ4v) is 1.50. The molecule has 0 unspecified atom stereocenters. The maximum absolute atomic E-state index is 11.5. The minimum Gasteiger partial charge on any atom is -0.468 e. The third kappa shape index (κ3) is 2.66. The number of hydrogen-bond donors (Lipinski definition) is 0. The van der Waals surface area contributed by atoms with E-state index in [2.05, 4.69) is 20.7 Å². The van der Waals surface area contributed by atoms with Crippen molar-refractivity contribution in [1.82, 2.24) is 4.57 Å². The first-order valence-electron chi connectivity index (χ1n) is 4.07. The third-order valence-electron chi connectivity index (χ3n) is 1.76. The Morgan fingerprint density at radius 1 is 1.69 bits per heavy atom. The van der Waals surface area contributed by atoms with Gasteiger partial charge in [0, 0.05) is 16.7 Å². The van der Waals surface area contributed by atoms with E-state index in [4.69, 9.17) is 0 Å². The maximum Gasteiger partial charge on any atom is 0.335 e. The van der Waals surface area contributed by atoms with Gasteiger partial charge in [0.05, 0.1) is 12.0 Å². The molecule has 0 saturated heterocycles. The minimum absolute atomic E-state index is 0.336. The van der Waals surface area contributed by atoms with Gasteiger partial charge in [-0.05, 0) is 15.9 Å². The van der Waals surface area contributed by atoms with Crippen LogP contribution in [-0.2, 0) is 16.1 Å². The highest BCUT2D eigenvalue weighted by Gasteiger charge is 2.17. The first-order valence-corrected chi connectivity index (χ1v) is 4.86. The molecule has 0 aromatic carbocycles. The third-order valence-corrected chi connectivity index (χ3v) is 2.19. The van der Waals surface area contributed by atoms with Crippen LogP contribution in [0.2, 0.25) is 0 Å². The van der Waals surface area contributed by atoms with Gasteiger partial charge in [-0.1, -0.05) is 0 Å². The molecule has 86 valence electrons. The Kier molecular flexibility index (Phi) is 3.78. The van der Waals surface area contributed by atoms with Crippen molar-refractivity contribution < 1.29 is 14.5 Å². The van der Waals surface area contributed by atoms with Gasteiger partial charge in [-0.25, -0.2) is 0 Å². The number of carbonyl (C=O) groups is 1. The zero-order valence-corrected chi connectivity index (χ0v) is 9.76. The Bertz CT molecular complexity index is 496. The fraction of sp³-hybridized carbons (Fsp3) is 0.250. The smallest absolute Gasteiger partial charge is 0.335 e. The van der Waals surface area contributed by atoms with Crippen LogP contribution < -0.4 is 5.56 Å². The first kappa shape index (κ1) is 12.4. The molecule has 0 bridgehead atoms. The summed E-state index contributed by atoms with van der Waals surface area (Å²) in [6, 6.07) is 1.08. The van der Waals surface area contributed by atoms with Crippen LogP contribution in [0.4, 0.5) is 5.69 Å². The molecule has 0 saturated carbocycles. The zero-order chi connectivity index (χ0) is 12.3. The van der Waals surface area contributed by atoms with Gasteiger partial charge < -0.3 is 4.74 Å². The second kappa shape index (κ2) is 4.88. The number of pyridine rings is 1. The Morgan fingerprint density at radius 3 is 2.81 bits per heavy atom. The SMILES string of the molecule is COC(=O)Cn1cc(Br)cc([N+](=O)[O-])c1=O. The minimum atomic E-state index is -0.849. The molecule has 0 aliphatic carbocycles. The summed E-state index contributed by atoms with van der Waals surface area (Å²) in [5.74, 6) is -0.658. The zero-order valence-electron chi connectivity index (χ0n) is 8.18.